The van der Waals surface area contributed by atoms with Gasteiger partial charge in [0.15, 0.2) is 24.4 Å². The first-order valence-corrected chi connectivity index (χ1v) is 8.31. The normalized spacial score (nSPS) is 10.3. The van der Waals surface area contributed by atoms with Crippen molar-refractivity contribution in [3.63, 3.8) is 0 Å². The van der Waals surface area contributed by atoms with Crippen molar-refractivity contribution in [2.45, 2.75) is 13.5 Å². The van der Waals surface area contributed by atoms with Crippen LogP contribution in [-0.4, -0.2) is 55.0 Å². The number of ether oxygens (including phenoxy) is 2. The summed E-state index contributed by atoms with van der Waals surface area (Å²) < 4.78 is 10.7. The van der Waals surface area contributed by atoms with Crippen molar-refractivity contribution in [1.82, 2.24) is 4.90 Å². The van der Waals surface area contributed by atoms with E-state index in [1.54, 1.807) is 7.05 Å². The molecule has 0 unspecified atom stereocenters. The van der Waals surface area contributed by atoms with Crippen LogP contribution in [-0.2, 0) is 11.3 Å². The Morgan fingerprint density at radius 1 is 1.19 bits per heavy atom. The Kier molecular flexibility index (Phi) is 6.98. The number of aryl methyl sites for hydroxylation is 1. The van der Waals surface area contributed by atoms with Crippen molar-refractivity contribution in [1.29, 1.82) is 0 Å². The number of rotatable bonds is 8. The van der Waals surface area contributed by atoms with E-state index in [1.807, 2.05) is 31.2 Å². The molecule has 2 N–H and O–H groups in total. The smallest absolute Gasteiger partial charge is 0.489 e. The minimum atomic E-state index is -1.85. The quantitative estimate of drug-likeness (QED) is 0.519. The molecule has 0 heterocycles. The summed E-state index contributed by atoms with van der Waals surface area (Å²) in [4.78, 5) is 25.3. The monoisotopic (exact) mass is 371 g/mol. The van der Waals surface area contributed by atoms with Crippen LogP contribution in [0.5, 0.6) is 11.5 Å². The molecule has 0 saturated carbocycles. The molecular formula is C19H22BNO6. The van der Waals surface area contributed by atoms with Gasteiger partial charge in [-0.2, -0.15) is 0 Å². The number of benzene rings is 2. The summed E-state index contributed by atoms with van der Waals surface area (Å²) in [7, 11) is 1.19. The SMILES string of the molecule is COc1ccc(B(O)O)c(C=O)c1OCC(=O)N(C)Cc1ccc(C)cc1. The van der Waals surface area contributed by atoms with Crippen molar-refractivity contribution in [2.75, 3.05) is 20.8 Å². The Morgan fingerprint density at radius 2 is 1.85 bits per heavy atom. The fourth-order valence-electron chi connectivity index (χ4n) is 2.55. The molecule has 0 aromatic heterocycles. The maximum Gasteiger partial charge on any atom is 0.489 e. The molecule has 0 radical (unpaired) electrons. The molecule has 2 aromatic rings. The van der Waals surface area contributed by atoms with Crippen molar-refractivity contribution in [2.24, 2.45) is 0 Å². The van der Waals surface area contributed by atoms with Gasteiger partial charge >= 0.3 is 7.12 Å². The minimum absolute atomic E-state index is 0.00446. The number of aldehydes is 1. The molecule has 0 aliphatic heterocycles. The molecule has 1 amide bonds. The van der Waals surface area contributed by atoms with E-state index in [-0.39, 0.29) is 35.0 Å². The number of methoxy groups -OCH3 is 1. The predicted octanol–water partition coefficient (Wildman–Crippen LogP) is 0.533. The zero-order valence-corrected chi connectivity index (χ0v) is 15.5. The molecule has 0 saturated heterocycles. The first-order chi connectivity index (χ1) is 12.9. The molecule has 0 spiro atoms. The lowest BCUT2D eigenvalue weighted by Crippen LogP contribution is -2.34. The fraction of sp³-hybridized carbons (Fsp3) is 0.263. The molecule has 0 fully saturated rings. The summed E-state index contributed by atoms with van der Waals surface area (Å²) in [6.45, 7) is 2.07. The number of likely N-dealkylation sites (N-methyl/N-ethyl adjacent to an activating group) is 1. The molecule has 0 aliphatic rings. The summed E-state index contributed by atoms with van der Waals surface area (Å²) in [5.74, 6) is -0.0879. The van der Waals surface area contributed by atoms with E-state index in [9.17, 15) is 19.6 Å². The topological polar surface area (TPSA) is 96.3 Å². The van der Waals surface area contributed by atoms with Crippen LogP contribution >= 0.6 is 0 Å². The summed E-state index contributed by atoms with van der Waals surface area (Å²) in [6, 6.07) is 10.6. The first kappa shape index (κ1) is 20.5. The molecule has 8 heteroatoms. The maximum atomic E-state index is 12.4. The lowest BCUT2D eigenvalue weighted by molar-refractivity contribution is -0.132. The van der Waals surface area contributed by atoms with Crippen LogP contribution in [0.15, 0.2) is 36.4 Å². The molecule has 0 aliphatic carbocycles. The predicted molar refractivity (Wildman–Crippen MR) is 101 cm³/mol. The Hall–Kier alpha value is -2.84. The number of hydrogen-bond donors (Lipinski definition) is 2. The highest BCUT2D eigenvalue weighted by atomic mass is 16.5. The third-order valence-corrected chi connectivity index (χ3v) is 4.12. The van der Waals surface area contributed by atoms with Gasteiger partial charge in [0.1, 0.15) is 0 Å². The number of hydrogen-bond acceptors (Lipinski definition) is 6. The molecule has 0 atom stereocenters. The lowest BCUT2D eigenvalue weighted by atomic mass is 9.77. The van der Waals surface area contributed by atoms with Crippen LogP contribution in [0.4, 0.5) is 0 Å². The van der Waals surface area contributed by atoms with Gasteiger partial charge in [-0.1, -0.05) is 35.9 Å². The zero-order chi connectivity index (χ0) is 20.0. The second-order valence-electron chi connectivity index (χ2n) is 6.12. The van der Waals surface area contributed by atoms with Gasteiger partial charge < -0.3 is 24.4 Å². The summed E-state index contributed by atoms with van der Waals surface area (Å²) in [5, 5.41) is 18.8. The molecule has 142 valence electrons. The third kappa shape index (κ3) is 5.09. The molecular weight excluding hydrogens is 349 g/mol. The highest BCUT2D eigenvalue weighted by molar-refractivity contribution is 6.60. The van der Waals surface area contributed by atoms with Crippen LogP contribution in [0, 0.1) is 6.92 Å². The van der Waals surface area contributed by atoms with Gasteiger partial charge in [-0.25, -0.2) is 0 Å². The fourth-order valence-corrected chi connectivity index (χ4v) is 2.55. The average Bonchev–Trinajstić information content (AvgIpc) is 2.66. The second-order valence-corrected chi connectivity index (χ2v) is 6.12. The number of nitrogens with zero attached hydrogens (tertiary/aromatic N) is 1. The maximum absolute atomic E-state index is 12.4. The van der Waals surface area contributed by atoms with Gasteiger partial charge in [0.25, 0.3) is 5.91 Å². The minimum Gasteiger partial charge on any atom is -0.493 e. The van der Waals surface area contributed by atoms with Gasteiger partial charge in [0.2, 0.25) is 0 Å². The van der Waals surface area contributed by atoms with Crippen LogP contribution in [0.1, 0.15) is 21.5 Å². The molecule has 27 heavy (non-hydrogen) atoms. The number of carbonyl (C=O) groups is 2. The van der Waals surface area contributed by atoms with Gasteiger partial charge in [-0.15, -0.1) is 0 Å². The van der Waals surface area contributed by atoms with E-state index < -0.39 is 7.12 Å². The second kappa shape index (κ2) is 9.20. The average molecular weight is 371 g/mol. The Bertz CT molecular complexity index is 807. The van der Waals surface area contributed by atoms with Crippen LogP contribution < -0.4 is 14.9 Å². The van der Waals surface area contributed by atoms with E-state index in [0.717, 1.165) is 11.1 Å². The largest absolute Gasteiger partial charge is 0.493 e. The van der Waals surface area contributed by atoms with Crippen molar-refractivity contribution < 1.29 is 29.1 Å². The lowest BCUT2D eigenvalue weighted by Gasteiger charge is -2.19. The molecule has 2 rings (SSSR count). The van der Waals surface area contributed by atoms with Crippen molar-refractivity contribution in [3.05, 3.63) is 53.1 Å². The van der Waals surface area contributed by atoms with E-state index in [2.05, 4.69) is 0 Å². The third-order valence-electron chi connectivity index (χ3n) is 4.12. The molecule has 7 nitrogen and oxygen atoms in total. The Labute approximate surface area is 158 Å². The molecule has 0 bridgehead atoms. The Balaban J connectivity index is 2.12. The first-order valence-electron chi connectivity index (χ1n) is 8.31. The summed E-state index contributed by atoms with van der Waals surface area (Å²) in [6.07, 6.45) is 0.438. The van der Waals surface area contributed by atoms with E-state index in [4.69, 9.17) is 9.47 Å². The highest BCUT2D eigenvalue weighted by Crippen LogP contribution is 2.29. The van der Waals surface area contributed by atoms with E-state index >= 15 is 0 Å². The van der Waals surface area contributed by atoms with Gasteiger partial charge in [-0.3, -0.25) is 9.59 Å². The number of carbonyl (C=O) groups excluding carboxylic acids is 2. The van der Waals surface area contributed by atoms with E-state index in [1.165, 1.54) is 24.1 Å². The van der Waals surface area contributed by atoms with Crippen molar-refractivity contribution >= 4 is 24.8 Å². The summed E-state index contributed by atoms with van der Waals surface area (Å²) in [5.41, 5.74) is 2.02. The van der Waals surface area contributed by atoms with Gasteiger partial charge in [-0.05, 0) is 24.0 Å². The number of amides is 1. The van der Waals surface area contributed by atoms with Crippen molar-refractivity contribution in [3.8, 4) is 11.5 Å². The van der Waals surface area contributed by atoms with Gasteiger partial charge in [0, 0.05) is 13.6 Å². The standard InChI is InChI=1S/C19H22BNO6/c1-13-4-6-14(7-5-13)10-21(2)18(23)12-27-19-15(11-22)16(20(24)25)8-9-17(19)26-3/h4-9,11,24-25H,10,12H2,1-3H3. The van der Waals surface area contributed by atoms with E-state index in [0.29, 0.717) is 12.8 Å². The summed E-state index contributed by atoms with van der Waals surface area (Å²) >= 11 is 0. The van der Waals surface area contributed by atoms with Crippen LogP contribution in [0.25, 0.3) is 0 Å². The van der Waals surface area contributed by atoms with Crippen LogP contribution in [0.2, 0.25) is 0 Å². The van der Waals surface area contributed by atoms with Crippen LogP contribution in [0.3, 0.4) is 0 Å². The highest BCUT2D eigenvalue weighted by Gasteiger charge is 2.23. The van der Waals surface area contributed by atoms with Gasteiger partial charge in [0.05, 0.1) is 12.7 Å². The Morgan fingerprint density at radius 3 is 2.41 bits per heavy atom. The molecule has 2 aromatic carbocycles. The zero-order valence-electron chi connectivity index (χ0n) is 15.5.